The number of carbonyl (C=O) groups excluding carboxylic acids is 2. The number of nitrogens with zero attached hydrogens (tertiary/aromatic N) is 2. The van der Waals surface area contributed by atoms with E-state index in [1.165, 1.54) is 24.7 Å². The minimum Gasteiger partial charge on any atom is -0.466 e. The van der Waals surface area contributed by atoms with Gasteiger partial charge in [0.25, 0.3) is 5.56 Å². The van der Waals surface area contributed by atoms with Gasteiger partial charge in [-0.15, -0.1) is 11.8 Å². The molecule has 0 N–H and O–H groups in total. The molecule has 0 aliphatic heterocycles. The SMILES string of the molecule is CCOC(=O)CC(=O)CSc1cc(=O)n(C)c(=O)n1C. The average Bonchev–Trinajstić information content (AvgIpc) is 2.39. The highest BCUT2D eigenvalue weighted by Gasteiger charge is 2.13. The van der Waals surface area contributed by atoms with Crippen LogP contribution in [0.1, 0.15) is 13.3 Å². The first-order valence-corrected chi connectivity index (χ1v) is 6.92. The lowest BCUT2D eigenvalue weighted by Gasteiger charge is -2.08. The van der Waals surface area contributed by atoms with E-state index in [1.54, 1.807) is 6.92 Å². The summed E-state index contributed by atoms with van der Waals surface area (Å²) in [5.74, 6) is -0.892. The first-order chi connectivity index (χ1) is 9.36. The fraction of sp³-hybridized carbons (Fsp3) is 0.500. The van der Waals surface area contributed by atoms with Gasteiger partial charge in [-0.2, -0.15) is 0 Å². The summed E-state index contributed by atoms with van der Waals surface area (Å²) in [5, 5.41) is 0.385. The highest BCUT2D eigenvalue weighted by Crippen LogP contribution is 2.14. The van der Waals surface area contributed by atoms with Gasteiger partial charge in [0.2, 0.25) is 0 Å². The highest BCUT2D eigenvalue weighted by atomic mass is 32.2. The molecule has 0 fully saturated rings. The van der Waals surface area contributed by atoms with Gasteiger partial charge in [-0.05, 0) is 6.92 Å². The average molecular weight is 300 g/mol. The minimum atomic E-state index is -0.573. The second-order valence-corrected chi connectivity index (χ2v) is 5.03. The third-order valence-corrected chi connectivity index (χ3v) is 3.66. The van der Waals surface area contributed by atoms with Crippen LogP contribution < -0.4 is 11.2 Å². The Hall–Kier alpha value is -1.83. The summed E-state index contributed by atoms with van der Waals surface area (Å²) in [5.41, 5.74) is -0.897. The Labute approximate surface area is 119 Å². The number of aromatic nitrogens is 2. The van der Waals surface area contributed by atoms with Crippen LogP contribution in [-0.2, 0) is 28.4 Å². The molecule has 8 heteroatoms. The van der Waals surface area contributed by atoms with E-state index in [4.69, 9.17) is 0 Å². The maximum Gasteiger partial charge on any atom is 0.331 e. The maximum absolute atomic E-state index is 11.7. The number of carbonyl (C=O) groups is 2. The molecule has 0 aromatic carbocycles. The predicted octanol–water partition coefficient (Wildman–Crippen LogP) is -0.302. The van der Waals surface area contributed by atoms with Crippen LogP contribution in [0.4, 0.5) is 0 Å². The number of thioether (sulfide) groups is 1. The standard InChI is InChI=1S/C12H16N2O5S/c1-4-19-11(17)5-8(15)7-20-10-6-9(16)13(2)12(18)14(10)3/h6H,4-5,7H2,1-3H3. The van der Waals surface area contributed by atoms with Gasteiger partial charge in [-0.1, -0.05) is 0 Å². The zero-order valence-electron chi connectivity index (χ0n) is 11.5. The Balaban J connectivity index is 2.72. The molecular weight excluding hydrogens is 284 g/mol. The van der Waals surface area contributed by atoms with Crippen molar-refractivity contribution in [1.82, 2.24) is 9.13 Å². The molecule has 0 aliphatic rings. The van der Waals surface area contributed by atoms with Crippen molar-refractivity contribution in [2.24, 2.45) is 14.1 Å². The predicted molar refractivity (Wildman–Crippen MR) is 73.9 cm³/mol. The zero-order chi connectivity index (χ0) is 15.3. The van der Waals surface area contributed by atoms with Gasteiger partial charge in [-0.25, -0.2) is 4.79 Å². The fourth-order valence-electron chi connectivity index (χ4n) is 1.43. The van der Waals surface area contributed by atoms with Crippen molar-refractivity contribution in [3.8, 4) is 0 Å². The number of hydrogen-bond acceptors (Lipinski definition) is 6. The van der Waals surface area contributed by atoms with Crippen LogP contribution in [0.2, 0.25) is 0 Å². The van der Waals surface area contributed by atoms with Gasteiger partial charge in [0.05, 0.1) is 17.4 Å². The topological polar surface area (TPSA) is 87.4 Å². The monoisotopic (exact) mass is 300 g/mol. The van der Waals surface area contributed by atoms with Crippen LogP contribution in [-0.4, -0.2) is 33.2 Å². The maximum atomic E-state index is 11.7. The number of ether oxygens (including phenoxy) is 1. The van der Waals surface area contributed by atoms with Crippen molar-refractivity contribution in [1.29, 1.82) is 0 Å². The third-order valence-electron chi connectivity index (χ3n) is 2.51. The smallest absolute Gasteiger partial charge is 0.331 e. The van der Waals surface area contributed by atoms with Gasteiger partial charge in [0, 0.05) is 20.2 Å². The Bertz CT molecular complexity index is 632. The first kappa shape index (κ1) is 16.2. The molecule has 7 nitrogen and oxygen atoms in total. The molecule has 1 rings (SSSR count). The Morgan fingerprint density at radius 1 is 1.25 bits per heavy atom. The quantitative estimate of drug-likeness (QED) is 0.310. The molecule has 0 spiro atoms. The third kappa shape index (κ3) is 4.09. The van der Waals surface area contributed by atoms with Crippen molar-refractivity contribution < 1.29 is 14.3 Å². The molecular formula is C12H16N2O5S. The highest BCUT2D eigenvalue weighted by molar-refractivity contribution is 7.99. The van der Waals surface area contributed by atoms with E-state index in [0.717, 1.165) is 16.3 Å². The molecule has 0 aliphatic carbocycles. The molecule has 0 atom stereocenters. The van der Waals surface area contributed by atoms with Gasteiger partial charge >= 0.3 is 11.7 Å². The lowest BCUT2D eigenvalue weighted by Crippen LogP contribution is -2.37. The van der Waals surface area contributed by atoms with Crippen molar-refractivity contribution in [2.45, 2.75) is 18.4 Å². The molecule has 20 heavy (non-hydrogen) atoms. The molecule has 0 saturated carbocycles. The summed E-state index contributed by atoms with van der Waals surface area (Å²) in [6.07, 6.45) is -0.306. The minimum absolute atomic E-state index is 0.000732. The lowest BCUT2D eigenvalue weighted by atomic mass is 10.3. The van der Waals surface area contributed by atoms with E-state index >= 15 is 0 Å². The normalized spacial score (nSPS) is 10.3. The van der Waals surface area contributed by atoms with E-state index in [2.05, 4.69) is 4.74 Å². The zero-order valence-corrected chi connectivity index (χ0v) is 12.4. The molecule has 1 aromatic rings. The van der Waals surface area contributed by atoms with Crippen LogP contribution in [0, 0.1) is 0 Å². The van der Waals surface area contributed by atoms with E-state index < -0.39 is 17.2 Å². The Morgan fingerprint density at radius 3 is 2.50 bits per heavy atom. The molecule has 0 amide bonds. The molecule has 1 aromatic heterocycles. The van der Waals surface area contributed by atoms with Crippen molar-refractivity contribution in [3.05, 3.63) is 26.9 Å². The van der Waals surface area contributed by atoms with E-state index in [1.807, 2.05) is 0 Å². The molecule has 110 valence electrons. The first-order valence-electron chi connectivity index (χ1n) is 5.94. The van der Waals surface area contributed by atoms with Gasteiger partial charge in [-0.3, -0.25) is 23.5 Å². The van der Waals surface area contributed by atoms with Crippen LogP contribution in [0.25, 0.3) is 0 Å². The summed E-state index contributed by atoms with van der Waals surface area (Å²) >= 11 is 1.04. The van der Waals surface area contributed by atoms with Crippen LogP contribution >= 0.6 is 11.8 Å². The summed E-state index contributed by atoms with van der Waals surface area (Å²) in [4.78, 5) is 45.9. The van der Waals surface area contributed by atoms with E-state index in [9.17, 15) is 19.2 Å². The second-order valence-electron chi connectivity index (χ2n) is 4.03. The van der Waals surface area contributed by atoms with Gasteiger partial charge in [0.1, 0.15) is 6.42 Å². The van der Waals surface area contributed by atoms with Crippen LogP contribution in [0.15, 0.2) is 20.7 Å². The van der Waals surface area contributed by atoms with Crippen molar-refractivity contribution in [3.63, 3.8) is 0 Å². The number of ketones is 1. The Kier molecular flexibility index (Phi) is 5.75. The number of Topliss-reactive ketones (excluding diaryl/α,β-unsaturated/α-hetero) is 1. The van der Waals surface area contributed by atoms with Crippen molar-refractivity contribution >= 4 is 23.5 Å². The number of hydrogen-bond donors (Lipinski definition) is 0. The summed E-state index contributed by atoms with van der Waals surface area (Å²) in [6, 6.07) is 1.28. The van der Waals surface area contributed by atoms with Crippen LogP contribution in [0.5, 0.6) is 0 Å². The Morgan fingerprint density at radius 2 is 1.90 bits per heavy atom. The lowest BCUT2D eigenvalue weighted by molar-refractivity contribution is -0.145. The molecule has 0 radical (unpaired) electrons. The number of rotatable bonds is 6. The number of esters is 1. The van der Waals surface area contributed by atoms with E-state index in [0.29, 0.717) is 5.03 Å². The summed E-state index contributed by atoms with van der Waals surface area (Å²) in [7, 11) is 2.89. The summed E-state index contributed by atoms with van der Waals surface area (Å²) in [6.45, 7) is 1.88. The second kappa shape index (κ2) is 7.09. The molecule has 0 saturated heterocycles. The van der Waals surface area contributed by atoms with Gasteiger partial charge < -0.3 is 4.74 Å². The van der Waals surface area contributed by atoms with E-state index in [-0.39, 0.29) is 24.6 Å². The van der Waals surface area contributed by atoms with Gasteiger partial charge in [0.15, 0.2) is 5.78 Å². The summed E-state index contributed by atoms with van der Waals surface area (Å²) < 4.78 is 6.92. The van der Waals surface area contributed by atoms with Crippen LogP contribution in [0.3, 0.4) is 0 Å². The largest absolute Gasteiger partial charge is 0.466 e. The fourth-order valence-corrected chi connectivity index (χ4v) is 2.30. The molecule has 0 bridgehead atoms. The molecule has 0 unspecified atom stereocenters. The molecule has 1 heterocycles. The van der Waals surface area contributed by atoms with Crippen molar-refractivity contribution in [2.75, 3.05) is 12.4 Å².